The molecule has 0 radical (unpaired) electrons. The van der Waals surface area contributed by atoms with Crippen LogP contribution in [-0.2, 0) is 23.1 Å². The average Bonchev–Trinajstić information content (AvgIpc) is 2.85. The number of nitrogens with zero attached hydrogens (tertiary/aromatic N) is 1. The molecule has 0 heterocycles. The van der Waals surface area contributed by atoms with E-state index in [0.29, 0.717) is 13.0 Å². The maximum absolute atomic E-state index is 12.2. The Morgan fingerprint density at radius 2 is 1.23 bits per heavy atom. The van der Waals surface area contributed by atoms with Gasteiger partial charge in [-0.05, 0) is 19.3 Å². The lowest BCUT2D eigenvalue weighted by Crippen LogP contribution is -2.36. The Labute approximate surface area is 241 Å². The summed E-state index contributed by atoms with van der Waals surface area (Å²) in [5.41, 5.74) is 0. The monoisotopic (exact) mass is 578 g/mol. The molecule has 0 aromatic carbocycles. The number of rotatable bonds is 29. The van der Waals surface area contributed by atoms with Crippen molar-refractivity contribution in [3.8, 4) is 0 Å². The number of hydrogen-bond donors (Lipinski definition) is 1. The van der Waals surface area contributed by atoms with Crippen LogP contribution in [0.5, 0.6) is 0 Å². The Morgan fingerprint density at radius 3 is 1.69 bits per heavy atom. The molecule has 2 unspecified atom stereocenters. The number of phosphoric ester groups is 1. The molecule has 1 N–H and O–H groups in total. The van der Waals surface area contributed by atoms with Crippen molar-refractivity contribution >= 4 is 13.7 Å². The van der Waals surface area contributed by atoms with Crippen molar-refractivity contribution < 1.29 is 32.5 Å². The second kappa shape index (κ2) is 25.2. The van der Waals surface area contributed by atoms with Crippen molar-refractivity contribution in [2.45, 2.75) is 136 Å². The van der Waals surface area contributed by atoms with Crippen molar-refractivity contribution in [3.05, 3.63) is 0 Å². The van der Waals surface area contributed by atoms with E-state index in [9.17, 15) is 14.3 Å². The van der Waals surface area contributed by atoms with Gasteiger partial charge in [0.15, 0.2) is 0 Å². The summed E-state index contributed by atoms with van der Waals surface area (Å²) in [5, 5.41) is 2.61. The topological polar surface area (TPSA) is 96.9 Å². The zero-order valence-electron chi connectivity index (χ0n) is 26.2. The number of amides is 1. The molecule has 0 rings (SSSR count). The zero-order valence-corrected chi connectivity index (χ0v) is 27.1. The molecule has 0 aliphatic heterocycles. The quantitative estimate of drug-likeness (QED) is 0.0599. The smallest absolute Gasteiger partial charge is 0.268 e. The molecule has 0 aromatic heterocycles. The van der Waals surface area contributed by atoms with E-state index in [0.717, 1.165) is 30.3 Å². The van der Waals surface area contributed by atoms with Crippen LogP contribution in [0.25, 0.3) is 0 Å². The number of hydrogen-bond acceptors (Lipinski definition) is 6. The fourth-order valence-electron chi connectivity index (χ4n) is 4.43. The molecule has 0 aliphatic rings. The normalized spacial score (nSPS) is 14.3. The van der Waals surface area contributed by atoms with Crippen LogP contribution < -0.4 is 10.2 Å². The van der Waals surface area contributed by atoms with E-state index in [1.165, 1.54) is 96.8 Å². The van der Waals surface area contributed by atoms with Crippen LogP contribution in [-0.4, -0.2) is 70.5 Å². The SMILES string of the molecule is CCCCCCCCCCCCCCCCCCOCC(CNC(C)=O)OP(=O)([O-])OCCCC[N+](C)(C)C. The molecular weight excluding hydrogens is 515 g/mol. The molecule has 2 atom stereocenters. The maximum Gasteiger partial charge on any atom is 0.268 e. The van der Waals surface area contributed by atoms with Crippen molar-refractivity contribution in [1.82, 2.24) is 5.32 Å². The van der Waals surface area contributed by atoms with Crippen molar-refractivity contribution in [2.75, 3.05) is 54.1 Å². The molecule has 39 heavy (non-hydrogen) atoms. The summed E-state index contributed by atoms with van der Waals surface area (Å²) < 4.78 is 29.0. The molecule has 0 saturated heterocycles. The van der Waals surface area contributed by atoms with E-state index >= 15 is 0 Å². The second-order valence-corrected chi connectivity index (χ2v) is 13.4. The lowest BCUT2D eigenvalue weighted by molar-refractivity contribution is -0.870. The third-order valence-electron chi connectivity index (χ3n) is 6.78. The summed E-state index contributed by atoms with van der Waals surface area (Å²) in [4.78, 5) is 23.5. The van der Waals surface area contributed by atoms with Gasteiger partial charge in [0.05, 0.1) is 40.9 Å². The summed E-state index contributed by atoms with van der Waals surface area (Å²) in [5.74, 6) is -0.247. The van der Waals surface area contributed by atoms with Gasteiger partial charge in [-0.1, -0.05) is 103 Å². The van der Waals surface area contributed by atoms with Crippen LogP contribution in [0.15, 0.2) is 0 Å². The fourth-order valence-corrected chi connectivity index (χ4v) is 5.34. The van der Waals surface area contributed by atoms with Crippen LogP contribution in [0, 0.1) is 0 Å². The molecule has 8 nitrogen and oxygen atoms in total. The van der Waals surface area contributed by atoms with E-state index in [4.69, 9.17) is 13.8 Å². The van der Waals surface area contributed by atoms with E-state index in [-0.39, 0.29) is 25.7 Å². The highest BCUT2D eigenvalue weighted by Crippen LogP contribution is 2.40. The van der Waals surface area contributed by atoms with Crippen LogP contribution in [0.1, 0.15) is 129 Å². The van der Waals surface area contributed by atoms with Crippen molar-refractivity contribution in [1.29, 1.82) is 0 Å². The number of phosphoric acid groups is 1. The molecular formula is C30H63N2O6P. The first-order chi connectivity index (χ1) is 18.6. The molecule has 0 aromatic rings. The molecule has 9 heteroatoms. The highest BCUT2D eigenvalue weighted by Gasteiger charge is 2.19. The van der Waals surface area contributed by atoms with Crippen LogP contribution >= 0.6 is 7.82 Å². The van der Waals surface area contributed by atoms with Gasteiger partial charge in [0.1, 0.15) is 6.10 Å². The second-order valence-electron chi connectivity index (χ2n) is 12.0. The summed E-state index contributed by atoms with van der Waals surface area (Å²) >= 11 is 0. The van der Waals surface area contributed by atoms with E-state index in [2.05, 4.69) is 33.4 Å². The summed E-state index contributed by atoms with van der Waals surface area (Å²) in [6, 6.07) is 0. The number of quaternary nitrogens is 1. The first-order valence-electron chi connectivity index (χ1n) is 15.8. The number of carbonyl (C=O) groups is 1. The minimum Gasteiger partial charge on any atom is -0.756 e. The van der Waals surface area contributed by atoms with Gasteiger partial charge in [-0.15, -0.1) is 0 Å². The van der Waals surface area contributed by atoms with E-state index in [1.807, 2.05) is 0 Å². The summed E-state index contributed by atoms with van der Waals surface area (Å²) in [6.45, 7) is 5.38. The Morgan fingerprint density at radius 1 is 0.769 bits per heavy atom. The van der Waals surface area contributed by atoms with Crippen LogP contribution in [0.4, 0.5) is 0 Å². The van der Waals surface area contributed by atoms with E-state index < -0.39 is 13.9 Å². The molecule has 0 fully saturated rings. The summed E-state index contributed by atoms with van der Waals surface area (Å²) in [6.07, 6.45) is 21.7. The minimum atomic E-state index is -4.47. The first-order valence-corrected chi connectivity index (χ1v) is 17.3. The number of unbranched alkanes of at least 4 members (excludes halogenated alkanes) is 16. The van der Waals surface area contributed by atoms with Gasteiger partial charge in [-0.3, -0.25) is 9.36 Å². The van der Waals surface area contributed by atoms with Crippen molar-refractivity contribution in [3.63, 3.8) is 0 Å². The van der Waals surface area contributed by atoms with Crippen molar-refractivity contribution in [2.24, 2.45) is 0 Å². The third-order valence-corrected chi connectivity index (χ3v) is 7.83. The zero-order chi connectivity index (χ0) is 29.2. The summed E-state index contributed by atoms with van der Waals surface area (Å²) in [7, 11) is 1.81. The van der Waals surface area contributed by atoms with Crippen LogP contribution in [0.2, 0.25) is 0 Å². The predicted molar refractivity (Wildman–Crippen MR) is 160 cm³/mol. The van der Waals surface area contributed by atoms with Gasteiger partial charge in [0, 0.05) is 20.1 Å². The van der Waals surface area contributed by atoms with E-state index in [1.54, 1.807) is 0 Å². The molecule has 1 amide bonds. The number of carbonyl (C=O) groups excluding carboxylic acids is 1. The molecule has 234 valence electrons. The Hall–Kier alpha value is -0.500. The minimum absolute atomic E-state index is 0.0609. The van der Waals surface area contributed by atoms with Gasteiger partial charge >= 0.3 is 0 Å². The number of ether oxygens (including phenoxy) is 1. The standard InChI is InChI=1S/C30H63N2O6P/c1-6-7-8-9-10-11-12-13-14-15-16-17-18-19-20-22-25-36-28-30(27-31-29(2)33)38-39(34,35)37-26-23-21-24-32(3,4)5/h30H,6-28H2,1-5H3,(H-,31,33,34,35). The maximum atomic E-state index is 12.2. The Balaban J connectivity index is 3.83. The fraction of sp³-hybridized carbons (Fsp3) is 0.967. The highest BCUT2D eigenvalue weighted by atomic mass is 31.2. The van der Waals surface area contributed by atoms with Gasteiger partial charge in [0.25, 0.3) is 7.82 Å². The van der Waals surface area contributed by atoms with Gasteiger partial charge in [-0.2, -0.15) is 0 Å². The predicted octanol–water partition coefficient (Wildman–Crippen LogP) is 6.76. The largest absolute Gasteiger partial charge is 0.756 e. The van der Waals surface area contributed by atoms with Gasteiger partial charge < -0.3 is 28.5 Å². The molecule has 0 saturated carbocycles. The lowest BCUT2D eigenvalue weighted by Gasteiger charge is -2.28. The van der Waals surface area contributed by atoms with Gasteiger partial charge in [0.2, 0.25) is 5.91 Å². The third kappa shape index (κ3) is 30.3. The lowest BCUT2D eigenvalue weighted by atomic mass is 10.0. The van der Waals surface area contributed by atoms with Crippen LogP contribution in [0.3, 0.4) is 0 Å². The van der Waals surface area contributed by atoms with Gasteiger partial charge in [-0.25, -0.2) is 0 Å². The Bertz CT molecular complexity index is 615. The molecule has 0 spiro atoms. The molecule has 0 bridgehead atoms. The number of nitrogens with one attached hydrogen (secondary N) is 1. The Kier molecular flexibility index (Phi) is 24.9. The highest BCUT2D eigenvalue weighted by molar-refractivity contribution is 7.45. The first kappa shape index (κ1) is 38.5. The molecule has 0 aliphatic carbocycles. The average molecular weight is 579 g/mol.